The number of benzene rings is 2. The van der Waals surface area contributed by atoms with Crippen LogP contribution >= 0.6 is 0 Å². The van der Waals surface area contributed by atoms with Crippen LogP contribution in [0.5, 0.6) is 5.75 Å². The highest BCUT2D eigenvalue weighted by Crippen LogP contribution is 2.28. The number of fused-ring (bicyclic) bond motifs is 1. The van der Waals surface area contributed by atoms with Gasteiger partial charge in [-0.2, -0.15) is 0 Å². The fourth-order valence-electron chi connectivity index (χ4n) is 2.52. The van der Waals surface area contributed by atoms with Crippen molar-refractivity contribution in [3.05, 3.63) is 66.1 Å². The van der Waals surface area contributed by atoms with Crippen LogP contribution in [-0.2, 0) is 9.53 Å². The molecule has 128 valence electrons. The molecular weight excluding hydrogens is 322 g/mol. The molecule has 1 atom stereocenters. The summed E-state index contributed by atoms with van der Waals surface area (Å²) >= 11 is 0. The van der Waals surface area contributed by atoms with E-state index >= 15 is 0 Å². The van der Waals surface area contributed by atoms with E-state index in [9.17, 15) is 14.7 Å². The SMILES string of the molecule is C[C@@H](NC(=O)COC(=O)c1ccc2ccccc2c1O)c1ccco1. The number of furan rings is 1. The lowest BCUT2D eigenvalue weighted by atomic mass is 10.1. The van der Waals surface area contributed by atoms with Gasteiger partial charge >= 0.3 is 5.97 Å². The highest BCUT2D eigenvalue weighted by molar-refractivity contribution is 6.01. The topological polar surface area (TPSA) is 88.8 Å². The van der Waals surface area contributed by atoms with E-state index in [0.29, 0.717) is 11.1 Å². The summed E-state index contributed by atoms with van der Waals surface area (Å²) in [6, 6.07) is 13.5. The van der Waals surface area contributed by atoms with E-state index in [-0.39, 0.29) is 17.4 Å². The van der Waals surface area contributed by atoms with Crippen LogP contribution in [0, 0.1) is 0 Å². The second-order valence-electron chi connectivity index (χ2n) is 5.56. The molecule has 3 aromatic rings. The fourth-order valence-corrected chi connectivity index (χ4v) is 2.52. The normalized spacial score (nSPS) is 11.9. The van der Waals surface area contributed by atoms with Gasteiger partial charge in [-0.15, -0.1) is 0 Å². The summed E-state index contributed by atoms with van der Waals surface area (Å²) in [6.07, 6.45) is 1.51. The maximum absolute atomic E-state index is 12.1. The summed E-state index contributed by atoms with van der Waals surface area (Å²) in [5.41, 5.74) is 0.0191. The minimum absolute atomic E-state index is 0.0191. The minimum atomic E-state index is -0.760. The molecule has 2 N–H and O–H groups in total. The lowest BCUT2D eigenvalue weighted by molar-refractivity contribution is -0.125. The van der Waals surface area contributed by atoms with Crippen LogP contribution in [0.4, 0.5) is 0 Å². The smallest absolute Gasteiger partial charge is 0.342 e. The molecule has 0 radical (unpaired) electrons. The predicted molar refractivity (Wildman–Crippen MR) is 91.2 cm³/mol. The molecule has 0 saturated carbocycles. The molecule has 6 heteroatoms. The summed E-state index contributed by atoms with van der Waals surface area (Å²) in [5.74, 6) is -0.777. The van der Waals surface area contributed by atoms with Crippen LogP contribution in [0.15, 0.2) is 59.2 Å². The number of esters is 1. The monoisotopic (exact) mass is 339 g/mol. The van der Waals surface area contributed by atoms with E-state index in [1.807, 2.05) is 12.1 Å². The molecule has 0 spiro atoms. The number of hydrogen-bond acceptors (Lipinski definition) is 5. The van der Waals surface area contributed by atoms with Crippen LogP contribution in [-0.4, -0.2) is 23.6 Å². The predicted octanol–water partition coefficient (Wildman–Crippen LogP) is 3.17. The van der Waals surface area contributed by atoms with Gasteiger partial charge in [0.15, 0.2) is 6.61 Å². The fraction of sp³-hybridized carbons (Fsp3) is 0.158. The third kappa shape index (κ3) is 3.63. The Morgan fingerprint density at radius 3 is 2.72 bits per heavy atom. The molecule has 0 aliphatic heterocycles. The molecule has 0 bridgehead atoms. The third-order valence-corrected chi connectivity index (χ3v) is 3.80. The molecule has 0 fully saturated rings. The summed E-state index contributed by atoms with van der Waals surface area (Å²) in [5, 5.41) is 14.3. The zero-order chi connectivity index (χ0) is 17.8. The zero-order valence-electron chi connectivity index (χ0n) is 13.6. The van der Waals surface area contributed by atoms with Crippen molar-refractivity contribution in [1.29, 1.82) is 0 Å². The summed E-state index contributed by atoms with van der Waals surface area (Å²) in [6.45, 7) is 1.31. The lowest BCUT2D eigenvalue weighted by Gasteiger charge is -2.12. The van der Waals surface area contributed by atoms with Gasteiger partial charge in [0.05, 0.1) is 12.3 Å². The van der Waals surface area contributed by atoms with Crippen LogP contribution in [0.25, 0.3) is 10.8 Å². The minimum Gasteiger partial charge on any atom is -0.506 e. The second-order valence-corrected chi connectivity index (χ2v) is 5.56. The lowest BCUT2D eigenvalue weighted by Crippen LogP contribution is -2.31. The highest BCUT2D eigenvalue weighted by Gasteiger charge is 2.18. The molecule has 3 rings (SSSR count). The average Bonchev–Trinajstić information content (AvgIpc) is 3.15. The molecule has 1 heterocycles. The van der Waals surface area contributed by atoms with Gasteiger partial charge in [-0.1, -0.05) is 30.3 Å². The Bertz CT molecular complexity index is 901. The van der Waals surface area contributed by atoms with E-state index in [1.165, 1.54) is 12.3 Å². The van der Waals surface area contributed by atoms with Crippen molar-refractivity contribution >= 4 is 22.6 Å². The van der Waals surface area contributed by atoms with Gasteiger partial charge in [0.25, 0.3) is 5.91 Å². The van der Waals surface area contributed by atoms with Crippen molar-refractivity contribution in [2.24, 2.45) is 0 Å². The Balaban J connectivity index is 1.63. The summed E-state index contributed by atoms with van der Waals surface area (Å²) in [4.78, 5) is 24.0. The number of carbonyl (C=O) groups excluding carboxylic acids is 2. The van der Waals surface area contributed by atoms with Gasteiger partial charge in [-0.05, 0) is 30.5 Å². The molecule has 6 nitrogen and oxygen atoms in total. The van der Waals surface area contributed by atoms with Gasteiger partial charge in [0.2, 0.25) is 0 Å². The molecule has 1 amide bonds. The van der Waals surface area contributed by atoms with E-state index < -0.39 is 18.5 Å². The average molecular weight is 339 g/mol. The Morgan fingerprint density at radius 2 is 1.96 bits per heavy atom. The molecule has 2 aromatic carbocycles. The standard InChI is InChI=1S/C19H17NO5/c1-12(16-7-4-10-24-16)20-17(21)11-25-19(23)15-9-8-13-5-2-3-6-14(13)18(15)22/h2-10,12,22H,11H2,1H3,(H,20,21)/t12-/m1/s1. The Hall–Kier alpha value is -3.28. The van der Waals surface area contributed by atoms with Crippen LogP contribution in [0.3, 0.4) is 0 Å². The van der Waals surface area contributed by atoms with Gasteiger partial charge in [0, 0.05) is 5.39 Å². The van der Waals surface area contributed by atoms with E-state index in [0.717, 1.165) is 5.39 Å². The number of phenolic OH excluding ortho intramolecular Hbond substituents is 1. The van der Waals surface area contributed by atoms with Crippen molar-refractivity contribution in [3.63, 3.8) is 0 Å². The number of amides is 1. The number of phenols is 1. The first-order valence-corrected chi connectivity index (χ1v) is 7.77. The van der Waals surface area contributed by atoms with E-state index in [4.69, 9.17) is 9.15 Å². The van der Waals surface area contributed by atoms with Gasteiger partial charge in [0.1, 0.15) is 17.1 Å². The molecule has 0 aliphatic carbocycles. The maximum atomic E-state index is 12.1. The Kier molecular flexibility index (Phi) is 4.70. The quantitative estimate of drug-likeness (QED) is 0.697. The van der Waals surface area contributed by atoms with Crippen molar-refractivity contribution in [3.8, 4) is 5.75 Å². The van der Waals surface area contributed by atoms with Crippen molar-refractivity contribution < 1.29 is 23.8 Å². The van der Waals surface area contributed by atoms with Gasteiger partial charge in [-0.3, -0.25) is 4.79 Å². The molecule has 0 aliphatic rings. The van der Waals surface area contributed by atoms with Crippen LogP contribution < -0.4 is 5.32 Å². The van der Waals surface area contributed by atoms with Crippen molar-refractivity contribution in [2.75, 3.05) is 6.61 Å². The highest BCUT2D eigenvalue weighted by atomic mass is 16.5. The molecular formula is C19H17NO5. The number of nitrogens with one attached hydrogen (secondary N) is 1. The molecule has 0 saturated heterocycles. The maximum Gasteiger partial charge on any atom is 0.342 e. The van der Waals surface area contributed by atoms with Crippen molar-refractivity contribution in [2.45, 2.75) is 13.0 Å². The first kappa shape index (κ1) is 16.6. The molecule has 25 heavy (non-hydrogen) atoms. The Morgan fingerprint density at radius 1 is 1.16 bits per heavy atom. The summed E-state index contributed by atoms with van der Waals surface area (Å²) < 4.78 is 10.2. The Labute approximate surface area is 144 Å². The van der Waals surface area contributed by atoms with Gasteiger partial charge < -0.3 is 19.6 Å². The zero-order valence-corrected chi connectivity index (χ0v) is 13.6. The second kappa shape index (κ2) is 7.09. The van der Waals surface area contributed by atoms with Crippen LogP contribution in [0.1, 0.15) is 29.1 Å². The number of ether oxygens (including phenoxy) is 1. The number of carbonyl (C=O) groups is 2. The number of rotatable bonds is 5. The first-order valence-electron chi connectivity index (χ1n) is 7.77. The van der Waals surface area contributed by atoms with E-state index in [2.05, 4.69) is 5.32 Å². The van der Waals surface area contributed by atoms with Crippen LogP contribution in [0.2, 0.25) is 0 Å². The summed E-state index contributed by atoms with van der Waals surface area (Å²) in [7, 11) is 0. The molecule has 1 aromatic heterocycles. The van der Waals surface area contributed by atoms with E-state index in [1.54, 1.807) is 37.3 Å². The first-order chi connectivity index (χ1) is 12.1. The van der Waals surface area contributed by atoms with Gasteiger partial charge in [-0.25, -0.2) is 4.79 Å². The number of hydrogen-bond donors (Lipinski definition) is 2. The largest absolute Gasteiger partial charge is 0.506 e. The third-order valence-electron chi connectivity index (χ3n) is 3.80. The molecule has 0 unspecified atom stereocenters. The number of aromatic hydroxyl groups is 1. The van der Waals surface area contributed by atoms with Crippen molar-refractivity contribution in [1.82, 2.24) is 5.32 Å².